The Kier molecular flexibility index (Phi) is 3.65. The summed E-state index contributed by atoms with van der Waals surface area (Å²) in [6.07, 6.45) is 0. The van der Waals surface area contributed by atoms with Crippen LogP contribution in [0.5, 0.6) is 0 Å². The molecule has 1 atom stereocenters. The predicted molar refractivity (Wildman–Crippen MR) is 55.2 cm³/mol. The van der Waals surface area contributed by atoms with E-state index in [0.29, 0.717) is 16.1 Å². The first-order chi connectivity index (χ1) is 6.88. The van der Waals surface area contributed by atoms with Crippen molar-refractivity contribution in [2.45, 2.75) is 18.9 Å². The number of aliphatic hydroxyl groups is 1. The van der Waals surface area contributed by atoms with Crippen molar-refractivity contribution in [2.24, 2.45) is 5.73 Å². The minimum absolute atomic E-state index is 0.290. The Morgan fingerprint density at radius 3 is 2.60 bits per heavy atom. The molecule has 2 nitrogen and oxygen atoms in total. The van der Waals surface area contributed by atoms with Gasteiger partial charge in [-0.15, -0.1) is 0 Å². The molecule has 0 amide bonds. The van der Waals surface area contributed by atoms with Crippen LogP contribution in [-0.2, 0) is 0 Å². The average molecular weight is 236 g/mol. The van der Waals surface area contributed by atoms with E-state index in [1.807, 2.05) is 0 Å². The highest BCUT2D eigenvalue weighted by Crippen LogP contribution is 2.31. The van der Waals surface area contributed by atoms with Crippen molar-refractivity contribution < 1.29 is 13.9 Å². The van der Waals surface area contributed by atoms with E-state index in [0.717, 1.165) is 0 Å². The van der Waals surface area contributed by atoms with Crippen molar-refractivity contribution in [3.05, 3.63) is 34.3 Å². The third-order valence-corrected chi connectivity index (χ3v) is 2.47. The average Bonchev–Trinajstić information content (AvgIpc) is 2.17. The highest BCUT2D eigenvalue weighted by Gasteiger charge is 2.37. The summed E-state index contributed by atoms with van der Waals surface area (Å²) in [5.41, 5.74) is 6.26. The Hall–Kier alpha value is -0.710. The van der Waals surface area contributed by atoms with Crippen molar-refractivity contribution in [2.75, 3.05) is 6.61 Å². The molecule has 0 bridgehead atoms. The zero-order chi connectivity index (χ0) is 11.6. The van der Waals surface area contributed by atoms with E-state index in [9.17, 15) is 8.78 Å². The second-order valence-electron chi connectivity index (χ2n) is 3.40. The van der Waals surface area contributed by atoms with Gasteiger partial charge in [-0.05, 0) is 30.2 Å². The molecule has 0 saturated heterocycles. The molecule has 0 radical (unpaired) electrons. The molecule has 3 N–H and O–H groups in total. The number of hydrogen-bond donors (Lipinski definition) is 2. The fraction of sp³-hybridized carbons (Fsp3) is 0.400. The largest absolute Gasteiger partial charge is 0.390 e. The Morgan fingerprint density at radius 2 is 2.13 bits per heavy atom. The number of aryl methyl sites for hydroxylation is 1. The highest BCUT2D eigenvalue weighted by molar-refractivity contribution is 6.30. The lowest BCUT2D eigenvalue weighted by molar-refractivity contribution is -0.0713. The number of nitrogens with two attached hydrogens (primary N) is 1. The van der Waals surface area contributed by atoms with E-state index in [4.69, 9.17) is 22.4 Å². The second kappa shape index (κ2) is 4.43. The normalized spacial score (nSPS) is 14.0. The molecule has 1 aromatic rings. The predicted octanol–water partition coefficient (Wildman–Crippen LogP) is 2.28. The first-order valence-corrected chi connectivity index (χ1v) is 4.76. The van der Waals surface area contributed by atoms with Crippen LogP contribution >= 0.6 is 11.6 Å². The van der Waals surface area contributed by atoms with Crippen LogP contribution in [-0.4, -0.2) is 17.6 Å². The van der Waals surface area contributed by atoms with Gasteiger partial charge in [0.2, 0.25) is 0 Å². The van der Waals surface area contributed by atoms with Crippen LogP contribution in [0, 0.1) is 6.92 Å². The van der Waals surface area contributed by atoms with Crippen LogP contribution in [0.1, 0.15) is 17.2 Å². The van der Waals surface area contributed by atoms with Gasteiger partial charge < -0.3 is 10.8 Å². The maximum Gasteiger partial charge on any atom is 0.289 e. The fourth-order valence-electron chi connectivity index (χ4n) is 1.31. The summed E-state index contributed by atoms with van der Waals surface area (Å²) >= 11 is 5.69. The molecule has 1 rings (SSSR count). The van der Waals surface area contributed by atoms with Gasteiger partial charge in [0.05, 0.1) is 6.04 Å². The molecule has 0 aliphatic heterocycles. The van der Waals surface area contributed by atoms with Gasteiger partial charge in [0.15, 0.2) is 0 Å². The molecule has 1 aromatic carbocycles. The topological polar surface area (TPSA) is 46.2 Å². The van der Waals surface area contributed by atoms with Gasteiger partial charge >= 0.3 is 0 Å². The van der Waals surface area contributed by atoms with Crippen LogP contribution in [0.15, 0.2) is 18.2 Å². The minimum atomic E-state index is -3.32. The Bertz CT molecular complexity index is 357. The van der Waals surface area contributed by atoms with E-state index >= 15 is 0 Å². The summed E-state index contributed by atoms with van der Waals surface area (Å²) in [4.78, 5) is 0. The number of halogens is 3. The maximum atomic E-state index is 13.1. The van der Waals surface area contributed by atoms with E-state index < -0.39 is 18.6 Å². The highest BCUT2D eigenvalue weighted by atomic mass is 35.5. The van der Waals surface area contributed by atoms with Gasteiger partial charge in [0, 0.05) is 5.02 Å². The molecule has 15 heavy (non-hydrogen) atoms. The summed E-state index contributed by atoms with van der Waals surface area (Å²) in [5.74, 6) is -3.32. The summed E-state index contributed by atoms with van der Waals surface area (Å²) in [5, 5.41) is 8.98. The van der Waals surface area contributed by atoms with E-state index in [1.165, 1.54) is 12.1 Å². The van der Waals surface area contributed by atoms with Crippen molar-refractivity contribution in [3.8, 4) is 0 Å². The number of aliphatic hydroxyl groups excluding tert-OH is 1. The Labute approximate surface area is 91.7 Å². The number of benzene rings is 1. The smallest absolute Gasteiger partial charge is 0.289 e. The van der Waals surface area contributed by atoms with Gasteiger partial charge in [-0.2, -0.15) is 0 Å². The van der Waals surface area contributed by atoms with Crippen LogP contribution in [0.4, 0.5) is 8.78 Å². The van der Waals surface area contributed by atoms with Crippen LogP contribution in [0.25, 0.3) is 0 Å². The van der Waals surface area contributed by atoms with Gasteiger partial charge in [0.25, 0.3) is 5.92 Å². The SMILES string of the molecule is Cc1cc(Cl)ccc1[C@H](N)C(F)(F)CO. The maximum absolute atomic E-state index is 13.1. The monoisotopic (exact) mass is 235 g/mol. The van der Waals surface area contributed by atoms with Crippen LogP contribution < -0.4 is 5.73 Å². The number of alkyl halides is 2. The molecule has 0 fully saturated rings. The zero-order valence-electron chi connectivity index (χ0n) is 8.17. The van der Waals surface area contributed by atoms with E-state index in [2.05, 4.69) is 0 Å². The van der Waals surface area contributed by atoms with Crippen molar-refractivity contribution in [1.82, 2.24) is 0 Å². The molecule has 5 heteroatoms. The van der Waals surface area contributed by atoms with Gasteiger partial charge in [-0.25, -0.2) is 8.78 Å². The molecule has 0 heterocycles. The second-order valence-corrected chi connectivity index (χ2v) is 3.83. The molecule has 0 aromatic heterocycles. The molecule has 84 valence electrons. The third-order valence-electron chi connectivity index (χ3n) is 2.23. The van der Waals surface area contributed by atoms with Crippen LogP contribution in [0.3, 0.4) is 0 Å². The quantitative estimate of drug-likeness (QED) is 0.844. The van der Waals surface area contributed by atoms with Gasteiger partial charge in [-0.3, -0.25) is 0 Å². The van der Waals surface area contributed by atoms with Crippen LogP contribution in [0.2, 0.25) is 5.02 Å². The lowest BCUT2D eigenvalue weighted by Crippen LogP contribution is -2.36. The minimum Gasteiger partial charge on any atom is -0.390 e. The first kappa shape index (κ1) is 12.4. The third kappa shape index (κ3) is 2.65. The molecule has 0 saturated carbocycles. The Balaban J connectivity index is 3.06. The lowest BCUT2D eigenvalue weighted by atomic mass is 9.97. The van der Waals surface area contributed by atoms with Crippen molar-refractivity contribution >= 4 is 11.6 Å². The number of rotatable bonds is 3. The summed E-state index contributed by atoms with van der Waals surface area (Å²) in [6, 6.07) is 2.99. The molecular weight excluding hydrogens is 224 g/mol. The molecule has 0 aliphatic carbocycles. The van der Waals surface area contributed by atoms with Crippen molar-refractivity contribution in [1.29, 1.82) is 0 Å². The standard InChI is InChI=1S/C10H12ClF2NO/c1-6-4-7(11)2-3-8(6)9(14)10(12,13)5-15/h2-4,9,15H,5,14H2,1H3/t9-/m0/s1. The summed E-state index contributed by atoms with van der Waals surface area (Å²) in [7, 11) is 0. The lowest BCUT2D eigenvalue weighted by Gasteiger charge is -2.23. The zero-order valence-corrected chi connectivity index (χ0v) is 8.93. The summed E-state index contributed by atoms with van der Waals surface area (Å²) < 4.78 is 26.2. The Morgan fingerprint density at radius 1 is 1.53 bits per heavy atom. The molecular formula is C10H12ClF2NO. The van der Waals surface area contributed by atoms with E-state index in [-0.39, 0.29) is 0 Å². The summed E-state index contributed by atoms with van der Waals surface area (Å²) in [6.45, 7) is 0.380. The van der Waals surface area contributed by atoms with Gasteiger partial charge in [0.1, 0.15) is 6.61 Å². The fourth-order valence-corrected chi connectivity index (χ4v) is 1.54. The molecule has 0 aliphatic rings. The van der Waals surface area contributed by atoms with Gasteiger partial charge in [-0.1, -0.05) is 17.7 Å². The molecule has 0 unspecified atom stereocenters. The first-order valence-electron chi connectivity index (χ1n) is 4.39. The molecule has 0 spiro atoms. The van der Waals surface area contributed by atoms with Crippen molar-refractivity contribution in [3.63, 3.8) is 0 Å². The number of hydrogen-bond acceptors (Lipinski definition) is 2. The van der Waals surface area contributed by atoms with E-state index in [1.54, 1.807) is 13.0 Å².